The molecular formula is C20H24ClN7O3. The molecule has 0 aliphatic carbocycles. The fourth-order valence-corrected chi connectivity index (χ4v) is 3.72. The topological polar surface area (TPSA) is 117 Å². The average Bonchev–Trinajstić information content (AvgIpc) is 3.46. The van der Waals surface area contributed by atoms with Crippen molar-refractivity contribution in [3.8, 4) is 0 Å². The van der Waals surface area contributed by atoms with Crippen LogP contribution in [0.5, 0.6) is 0 Å². The Bertz CT molecular complexity index is 1310. The van der Waals surface area contributed by atoms with Gasteiger partial charge in [-0.15, -0.1) is 0 Å². The highest BCUT2D eigenvalue weighted by Gasteiger charge is 2.17. The molecule has 0 atom stereocenters. The maximum absolute atomic E-state index is 13.0. The van der Waals surface area contributed by atoms with E-state index in [1.165, 1.54) is 9.13 Å². The van der Waals surface area contributed by atoms with Gasteiger partial charge in [-0.3, -0.25) is 13.9 Å². The quantitative estimate of drug-likeness (QED) is 0.395. The van der Waals surface area contributed by atoms with Gasteiger partial charge in [-0.2, -0.15) is 9.97 Å². The number of aryl methyl sites for hydroxylation is 3. The van der Waals surface area contributed by atoms with E-state index in [0.717, 1.165) is 18.5 Å². The number of halogens is 1. The van der Waals surface area contributed by atoms with Crippen molar-refractivity contribution in [1.29, 1.82) is 0 Å². The summed E-state index contributed by atoms with van der Waals surface area (Å²) in [7, 11) is 1.96. The van der Waals surface area contributed by atoms with Gasteiger partial charge in [0, 0.05) is 38.4 Å². The van der Waals surface area contributed by atoms with Gasteiger partial charge in [-0.1, -0.05) is 18.5 Å². The first kappa shape index (κ1) is 21.1. The van der Waals surface area contributed by atoms with Crippen LogP contribution in [0.25, 0.3) is 11.2 Å². The lowest BCUT2D eigenvalue weighted by Gasteiger charge is -2.10. The van der Waals surface area contributed by atoms with Gasteiger partial charge in [0.15, 0.2) is 17.0 Å². The van der Waals surface area contributed by atoms with Gasteiger partial charge in [-0.05, 0) is 36.6 Å². The largest absolute Gasteiger partial charge is 0.354 e. The Morgan fingerprint density at radius 3 is 2.71 bits per heavy atom. The molecule has 0 amide bonds. The van der Waals surface area contributed by atoms with Crippen LogP contribution in [0.1, 0.15) is 43.6 Å². The Morgan fingerprint density at radius 1 is 1.16 bits per heavy atom. The van der Waals surface area contributed by atoms with Crippen LogP contribution in [0.2, 0.25) is 5.28 Å². The first-order chi connectivity index (χ1) is 15.0. The zero-order valence-corrected chi connectivity index (χ0v) is 18.2. The summed E-state index contributed by atoms with van der Waals surface area (Å²) >= 11 is 5.95. The van der Waals surface area contributed by atoms with Gasteiger partial charge in [-0.25, -0.2) is 4.79 Å². The van der Waals surface area contributed by atoms with E-state index in [0.29, 0.717) is 43.2 Å². The van der Waals surface area contributed by atoms with E-state index >= 15 is 0 Å². The van der Waals surface area contributed by atoms with Crippen LogP contribution in [0.15, 0.2) is 32.4 Å². The molecule has 0 unspecified atom stereocenters. The molecule has 0 aromatic carbocycles. The van der Waals surface area contributed by atoms with E-state index in [1.807, 2.05) is 36.9 Å². The summed E-state index contributed by atoms with van der Waals surface area (Å²) in [6.07, 6.45) is 5.21. The van der Waals surface area contributed by atoms with Crippen molar-refractivity contribution in [2.45, 2.75) is 52.1 Å². The standard InChI is InChI=1S/C20H24ClN7O3/c1-3-4-10-27-17-16(23-19(21)24-17)18(29)28(20(27)30)11-6-8-15-22-14(25-31-15)12-13-7-5-9-26(13)2/h5,7,9H,3-4,6,8,10-12H2,1-2H3,(H,23,24). The highest BCUT2D eigenvalue weighted by atomic mass is 35.5. The number of nitrogens with one attached hydrogen (secondary N) is 1. The van der Waals surface area contributed by atoms with Crippen LogP contribution >= 0.6 is 11.6 Å². The highest BCUT2D eigenvalue weighted by molar-refractivity contribution is 6.28. The molecule has 1 N–H and O–H groups in total. The van der Waals surface area contributed by atoms with E-state index < -0.39 is 5.56 Å². The first-order valence-electron chi connectivity index (χ1n) is 10.3. The lowest BCUT2D eigenvalue weighted by Crippen LogP contribution is -2.40. The minimum absolute atomic E-state index is 0.0890. The summed E-state index contributed by atoms with van der Waals surface area (Å²) in [5, 5.41) is 4.11. The van der Waals surface area contributed by atoms with Crippen LogP contribution in [-0.2, 0) is 33.0 Å². The Balaban J connectivity index is 1.50. The fourth-order valence-electron chi connectivity index (χ4n) is 3.55. The van der Waals surface area contributed by atoms with Crippen molar-refractivity contribution in [3.05, 3.63) is 61.9 Å². The van der Waals surface area contributed by atoms with Crippen molar-refractivity contribution in [3.63, 3.8) is 0 Å². The number of rotatable bonds is 9. The van der Waals surface area contributed by atoms with Gasteiger partial charge in [0.25, 0.3) is 5.56 Å². The number of fused-ring (bicyclic) bond motifs is 1. The molecule has 0 bridgehead atoms. The van der Waals surface area contributed by atoms with E-state index in [9.17, 15) is 9.59 Å². The molecule has 0 aliphatic heterocycles. The number of hydrogen-bond donors (Lipinski definition) is 1. The number of aromatic nitrogens is 7. The minimum atomic E-state index is -0.429. The molecule has 0 radical (unpaired) electrons. The number of hydrogen-bond acceptors (Lipinski definition) is 6. The summed E-state index contributed by atoms with van der Waals surface area (Å²) in [5.41, 5.74) is 0.805. The molecule has 10 nitrogen and oxygen atoms in total. The molecule has 31 heavy (non-hydrogen) atoms. The first-order valence-corrected chi connectivity index (χ1v) is 10.7. The maximum atomic E-state index is 13.0. The molecule has 4 aromatic rings. The summed E-state index contributed by atoms with van der Waals surface area (Å²) < 4.78 is 10.1. The molecule has 0 fully saturated rings. The van der Waals surface area contributed by atoms with Crippen LogP contribution in [-0.4, -0.2) is 33.8 Å². The van der Waals surface area contributed by atoms with Crippen molar-refractivity contribution >= 4 is 22.8 Å². The third-order valence-electron chi connectivity index (χ3n) is 5.24. The van der Waals surface area contributed by atoms with Gasteiger partial charge >= 0.3 is 5.69 Å². The van der Waals surface area contributed by atoms with Gasteiger partial charge < -0.3 is 14.1 Å². The lowest BCUT2D eigenvalue weighted by molar-refractivity contribution is 0.366. The molecule has 0 saturated carbocycles. The normalized spacial score (nSPS) is 11.6. The van der Waals surface area contributed by atoms with Gasteiger partial charge in [0.05, 0.1) is 6.42 Å². The molecule has 164 valence electrons. The van der Waals surface area contributed by atoms with Crippen LogP contribution < -0.4 is 11.2 Å². The molecule has 4 aromatic heterocycles. The third-order valence-corrected chi connectivity index (χ3v) is 5.42. The van der Waals surface area contributed by atoms with E-state index in [-0.39, 0.29) is 23.0 Å². The van der Waals surface area contributed by atoms with Crippen LogP contribution in [0, 0.1) is 0 Å². The monoisotopic (exact) mass is 445 g/mol. The molecule has 0 spiro atoms. The molecular weight excluding hydrogens is 422 g/mol. The highest BCUT2D eigenvalue weighted by Crippen LogP contribution is 2.11. The zero-order chi connectivity index (χ0) is 22.0. The van der Waals surface area contributed by atoms with E-state index in [4.69, 9.17) is 16.1 Å². The van der Waals surface area contributed by atoms with E-state index in [2.05, 4.69) is 20.1 Å². The van der Waals surface area contributed by atoms with Gasteiger partial charge in [0.1, 0.15) is 0 Å². The molecule has 4 heterocycles. The second-order valence-electron chi connectivity index (χ2n) is 7.47. The Kier molecular flexibility index (Phi) is 6.08. The fraction of sp³-hybridized carbons (Fsp3) is 0.450. The van der Waals surface area contributed by atoms with Crippen molar-refractivity contribution < 1.29 is 4.52 Å². The summed E-state index contributed by atoms with van der Waals surface area (Å²) in [4.78, 5) is 37.1. The molecule has 4 rings (SSSR count). The molecule has 0 saturated heterocycles. The lowest BCUT2D eigenvalue weighted by atomic mass is 10.3. The summed E-state index contributed by atoms with van der Waals surface area (Å²) in [5.74, 6) is 1.08. The van der Waals surface area contributed by atoms with Crippen LogP contribution in [0.4, 0.5) is 0 Å². The second-order valence-corrected chi connectivity index (χ2v) is 7.82. The van der Waals surface area contributed by atoms with Crippen molar-refractivity contribution in [1.82, 2.24) is 33.8 Å². The average molecular weight is 446 g/mol. The maximum Gasteiger partial charge on any atom is 0.332 e. The second kappa shape index (κ2) is 8.93. The predicted molar refractivity (Wildman–Crippen MR) is 115 cm³/mol. The Labute approximate surface area is 182 Å². The molecule has 0 aliphatic rings. The van der Waals surface area contributed by atoms with Crippen molar-refractivity contribution in [2.75, 3.05) is 0 Å². The number of nitrogens with zero attached hydrogens (tertiary/aromatic N) is 6. The minimum Gasteiger partial charge on any atom is -0.354 e. The van der Waals surface area contributed by atoms with Crippen LogP contribution in [0.3, 0.4) is 0 Å². The number of aromatic amines is 1. The van der Waals surface area contributed by atoms with Crippen molar-refractivity contribution in [2.24, 2.45) is 7.05 Å². The van der Waals surface area contributed by atoms with E-state index in [1.54, 1.807) is 0 Å². The number of H-pyrrole nitrogens is 1. The Morgan fingerprint density at radius 2 is 1.97 bits per heavy atom. The smallest absolute Gasteiger partial charge is 0.332 e. The van der Waals surface area contributed by atoms with Gasteiger partial charge in [0.2, 0.25) is 11.2 Å². The predicted octanol–water partition coefficient (Wildman–Crippen LogP) is 2.28. The third kappa shape index (κ3) is 4.34. The zero-order valence-electron chi connectivity index (χ0n) is 17.5. The SMILES string of the molecule is CCCCn1c(=O)n(CCCc2nc(Cc3cccn3C)no2)c(=O)c2[nH]c(Cl)nc21. The Hall–Kier alpha value is -3.14. The summed E-state index contributed by atoms with van der Waals surface area (Å²) in [6, 6.07) is 3.97. The molecule has 11 heteroatoms. The summed E-state index contributed by atoms with van der Waals surface area (Å²) in [6.45, 7) is 2.73. The number of imidazole rings is 1. The number of unbranched alkanes of at least 4 members (excludes halogenated alkanes) is 1.